The van der Waals surface area contributed by atoms with Gasteiger partial charge in [-0.15, -0.1) is 0 Å². The first kappa shape index (κ1) is 18.8. The first-order chi connectivity index (χ1) is 14.1. The molecule has 1 atom stereocenters. The smallest absolute Gasteiger partial charge is 0.249 e. The van der Waals surface area contributed by atoms with Crippen LogP contribution in [0.2, 0.25) is 0 Å². The maximum absolute atomic E-state index is 13.1. The summed E-state index contributed by atoms with van der Waals surface area (Å²) in [6, 6.07) is 14.1. The lowest BCUT2D eigenvalue weighted by Crippen LogP contribution is -2.35. The number of ether oxygens (including phenoxy) is 1. The van der Waals surface area contributed by atoms with Gasteiger partial charge in [-0.2, -0.15) is 5.10 Å². The lowest BCUT2D eigenvalue weighted by molar-refractivity contribution is -0.125. The molecule has 2 heterocycles. The summed E-state index contributed by atoms with van der Waals surface area (Å²) < 4.78 is 19.9. The molecule has 29 heavy (non-hydrogen) atoms. The molecule has 0 bridgehead atoms. The van der Waals surface area contributed by atoms with Crippen molar-refractivity contribution in [2.24, 2.45) is 0 Å². The molecular formula is C21H19FN4O3. The fraction of sp³-hybridized carbons (Fsp3) is 0.190. The van der Waals surface area contributed by atoms with Gasteiger partial charge in [0.2, 0.25) is 11.8 Å². The summed E-state index contributed by atoms with van der Waals surface area (Å²) in [5, 5.41) is 10.1. The van der Waals surface area contributed by atoms with Gasteiger partial charge in [-0.3, -0.25) is 9.59 Å². The number of carbonyl (C=O) groups excluding carboxylic acids is 2. The van der Waals surface area contributed by atoms with Crippen LogP contribution < -0.4 is 10.6 Å². The van der Waals surface area contributed by atoms with Crippen molar-refractivity contribution in [3.05, 3.63) is 66.1 Å². The molecule has 148 valence electrons. The molecule has 0 aliphatic carbocycles. The second kappa shape index (κ2) is 7.84. The summed E-state index contributed by atoms with van der Waals surface area (Å²) >= 11 is 0. The summed E-state index contributed by atoms with van der Waals surface area (Å²) in [5.74, 6) is -0.624. The van der Waals surface area contributed by atoms with E-state index in [1.54, 1.807) is 7.11 Å². The van der Waals surface area contributed by atoms with Gasteiger partial charge in [0.1, 0.15) is 17.7 Å². The van der Waals surface area contributed by atoms with E-state index in [1.165, 1.54) is 28.9 Å². The van der Waals surface area contributed by atoms with E-state index in [1.807, 2.05) is 30.3 Å². The van der Waals surface area contributed by atoms with Gasteiger partial charge in [-0.05, 0) is 29.8 Å². The monoisotopic (exact) mass is 394 g/mol. The Hall–Kier alpha value is -3.52. The molecule has 0 radical (unpaired) electrons. The van der Waals surface area contributed by atoms with E-state index in [9.17, 15) is 14.0 Å². The van der Waals surface area contributed by atoms with E-state index in [0.29, 0.717) is 17.2 Å². The van der Waals surface area contributed by atoms with Crippen molar-refractivity contribution in [2.45, 2.75) is 19.1 Å². The molecule has 0 saturated heterocycles. The highest BCUT2D eigenvalue weighted by molar-refractivity contribution is 6.03. The molecular weight excluding hydrogens is 375 g/mol. The van der Waals surface area contributed by atoms with Crippen LogP contribution in [0, 0.1) is 5.82 Å². The van der Waals surface area contributed by atoms with Gasteiger partial charge in [-0.1, -0.05) is 30.3 Å². The number of fused-ring (bicyclic) bond motifs is 1. The number of hydrogen-bond acceptors (Lipinski definition) is 4. The quantitative estimate of drug-likeness (QED) is 0.695. The van der Waals surface area contributed by atoms with Crippen LogP contribution in [0.15, 0.2) is 54.6 Å². The Bertz CT molecular complexity index is 1050. The molecule has 1 aromatic heterocycles. The van der Waals surface area contributed by atoms with Gasteiger partial charge in [0.15, 0.2) is 0 Å². The number of nitrogens with one attached hydrogen (secondary N) is 2. The lowest BCUT2D eigenvalue weighted by atomic mass is 10.0. The lowest BCUT2D eigenvalue weighted by Gasteiger charge is -2.24. The van der Waals surface area contributed by atoms with Gasteiger partial charge in [-0.25, -0.2) is 9.07 Å². The van der Waals surface area contributed by atoms with Crippen molar-refractivity contribution in [1.29, 1.82) is 0 Å². The van der Waals surface area contributed by atoms with Crippen LogP contribution in [0.25, 0.3) is 11.1 Å². The Balaban J connectivity index is 1.73. The van der Waals surface area contributed by atoms with Crippen LogP contribution in [0.4, 0.5) is 15.9 Å². The average Bonchev–Trinajstić information content (AvgIpc) is 3.07. The third kappa shape index (κ3) is 3.74. The van der Waals surface area contributed by atoms with Gasteiger partial charge in [0.25, 0.3) is 0 Å². The predicted octanol–water partition coefficient (Wildman–Crippen LogP) is 3.36. The van der Waals surface area contributed by atoms with Gasteiger partial charge in [0.05, 0.1) is 18.7 Å². The maximum atomic E-state index is 13.1. The highest BCUT2D eigenvalue weighted by Crippen LogP contribution is 2.37. The number of rotatable bonds is 5. The molecule has 2 amide bonds. The normalized spacial score (nSPS) is 15.5. The van der Waals surface area contributed by atoms with Crippen molar-refractivity contribution in [3.8, 4) is 11.1 Å². The molecule has 0 fully saturated rings. The number of halogens is 1. The molecule has 1 aliphatic rings. The number of nitrogens with zero attached hydrogens (tertiary/aromatic N) is 2. The van der Waals surface area contributed by atoms with Gasteiger partial charge < -0.3 is 15.4 Å². The van der Waals surface area contributed by atoms with Crippen molar-refractivity contribution < 1.29 is 18.7 Å². The Morgan fingerprint density at radius 3 is 2.66 bits per heavy atom. The fourth-order valence-corrected chi connectivity index (χ4v) is 3.38. The number of carbonyl (C=O) groups is 2. The van der Waals surface area contributed by atoms with Crippen molar-refractivity contribution in [3.63, 3.8) is 0 Å². The van der Waals surface area contributed by atoms with Gasteiger partial charge in [0, 0.05) is 18.4 Å². The SMILES string of the molecule is COCc1nn2c(c1-c1ccccc1)NC(=O)CC2C(=O)Nc1ccc(F)cc1. The second-order valence-electron chi connectivity index (χ2n) is 6.68. The Morgan fingerprint density at radius 2 is 1.97 bits per heavy atom. The minimum Gasteiger partial charge on any atom is -0.378 e. The third-order valence-electron chi connectivity index (χ3n) is 4.67. The summed E-state index contributed by atoms with van der Waals surface area (Å²) in [7, 11) is 1.56. The van der Waals surface area contributed by atoms with E-state index < -0.39 is 17.8 Å². The molecule has 4 rings (SSSR count). The van der Waals surface area contributed by atoms with E-state index in [0.717, 1.165) is 11.1 Å². The summed E-state index contributed by atoms with van der Waals surface area (Å²) in [6.07, 6.45) is -0.0532. The number of aromatic nitrogens is 2. The molecule has 0 saturated carbocycles. The van der Waals surface area contributed by atoms with Crippen molar-refractivity contribution in [2.75, 3.05) is 17.7 Å². The first-order valence-electron chi connectivity index (χ1n) is 9.09. The predicted molar refractivity (Wildman–Crippen MR) is 106 cm³/mol. The van der Waals surface area contributed by atoms with Crippen LogP contribution in [-0.2, 0) is 20.9 Å². The second-order valence-corrected chi connectivity index (χ2v) is 6.68. The molecule has 2 N–H and O–H groups in total. The maximum Gasteiger partial charge on any atom is 0.249 e. The number of amides is 2. The number of methoxy groups -OCH3 is 1. The third-order valence-corrected chi connectivity index (χ3v) is 4.67. The van der Waals surface area contributed by atoms with E-state index in [4.69, 9.17) is 4.74 Å². The minimum absolute atomic E-state index is 0.0532. The highest BCUT2D eigenvalue weighted by atomic mass is 19.1. The molecule has 1 unspecified atom stereocenters. The van der Waals surface area contributed by atoms with E-state index in [-0.39, 0.29) is 18.9 Å². The molecule has 8 heteroatoms. The van der Waals surface area contributed by atoms with Crippen LogP contribution in [0.3, 0.4) is 0 Å². The number of anilines is 2. The summed E-state index contributed by atoms with van der Waals surface area (Å²) in [5.41, 5.74) is 2.65. The molecule has 2 aromatic carbocycles. The molecule has 3 aromatic rings. The number of hydrogen-bond donors (Lipinski definition) is 2. The Morgan fingerprint density at radius 1 is 1.24 bits per heavy atom. The zero-order chi connectivity index (χ0) is 20.4. The van der Waals surface area contributed by atoms with Crippen LogP contribution in [-0.4, -0.2) is 28.7 Å². The largest absolute Gasteiger partial charge is 0.378 e. The molecule has 7 nitrogen and oxygen atoms in total. The molecule has 0 spiro atoms. The van der Waals surface area contributed by atoms with E-state index >= 15 is 0 Å². The summed E-state index contributed by atoms with van der Waals surface area (Å²) in [6.45, 7) is 0.229. The highest BCUT2D eigenvalue weighted by Gasteiger charge is 2.35. The Kier molecular flexibility index (Phi) is 5.09. The van der Waals surface area contributed by atoms with Crippen molar-refractivity contribution in [1.82, 2.24) is 9.78 Å². The summed E-state index contributed by atoms with van der Waals surface area (Å²) in [4.78, 5) is 25.3. The standard InChI is InChI=1S/C21H19FN4O3/c1-29-12-16-19(13-5-3-2-4-6-13)20-24-18(27)11-17(26(20)25-16)21(28)23-15-9-7-14(22)8-10-15/h2-10,17H,11-12H2,1H3,(H,23,28)(H,24,27). The van der Waals surface area contributed by atoms with Crippen molar-refractivity contribution >= 4 is 23.3 Å². The Labute approximate surface area is 166 Å². The minimum atomic E-state index is -0.836. The van der Waals surface area contributed by atoms with Crippen LogP contribution >= 0.6 is 0 Å². The first-order valence-corrected chi connectivity index (χ1v) is 9.09. The zero-order valence-electron chi connectivity index (χ0n) is 15.7. The fourth-order valence-electron chi connectivity index (χ4n) is 3.38. The van der Waals surface area contributed by atoms with Gasteiger partial charge >= 0.3 is 0 Å². The van der Waals surface area contributed by atoms with Crippen LogP contribution in [0.1, 0.15) is 18.2 Å². The topological polar surface area (TPSA) is 85.2 Å². The number of benzene rings is 2. The molecule has 1 aliphatic heterocycles. The average molecular weight is 394 g/mol. The van der Waals surface area contributed by atoms with E-state index in [2.05, 4.69) is 15.7 Å². The van der Waals surface area contributed by atoms with Crippen LogP contribution in [0.5, 0.6) is 0 Å². The zero-order valence-corrected chi connectivity index (χ0v) is 15.7.